The van der Waals surface area contributed by atoms with E-state index in [-0.39, 0.29) is 12.6 Å². The van der Waals surface area contributed by atoms with Crippen molar-refractivity contribution in [3.8, 4) is 0 Å². The van der Waals surface area contributed by atoms with Crippen LogP contribution >= 0.6 is 0 Å². The molecule has 0 amide bonds. The number of rotatable bonds is 9. The Morgan fingerprint density at radius 3 is 2.62 bits per heavy atom. The Kier molecular flexibility index (Phi) is 6.89. The lowest BCUT2D eigenvalue weighted by Gasteiger charge is -2.19. The van der Waals surface area contributed by atoms with Crippen molar-refractivity contribution in [2.24, 2.45) is 0 Å². The van der Waals surface area contributed by atoms with Crippen molar-refractivity contribution in [3.05, 3.63) is 35.7 Å². The third kappa shape index (κ3) is 5.14. The molecule has 0 saturated carbocycles. The molecule has 7 nitrogen and oxygen atoms in total. The summed E-state index contributed by atoms with van der Waals surface area (Å²) in [6, 6.07) is 8.04. The Labute approximate surface area is 143 Å². The minimum Gasteiger partial charge on any atom is -0.395 e. The first-order chi connectivity index (χ1) is 11.7. The number of nitrogen functional groups attached to an aromatic ring is 1. The maximum atomic E-state index is 9.17. The monoisotopic (exact) mass is 330 g/mol. The first kappa shape index (κ1) is 18.1. The molecule has 4 N–H and O–H groups in total. The number of aliphatic hydroxyl groups is 1. The minimum absolute atomic E-state index is 0.107. The molecule has 0 fully saturated rings. The van der Waals surface area contributed by atoms with Gasteiger partial charge in [0.05, 0.1) is 13.2 Å². The van der Waals surface area contributed by atoms with Gasteiger partial charge >= 0.3 is 0 Å². The number of aromatic nitrogens is 3. The van der Waals surface area contributed by atoms with Crippen molar-refractivity contribution in [2.75, 3.05) is 30.7 Å². The number of para-hydroxylation sites is 1. The quantitative estimate of drug-likeness (QED) is 0.646. The van der Waals surface area contributed by atoms with E-state index >= 15 is 0 Å². The number of hydrogen-bond acceptors (Lipinski definition) is 7. The average Bonchev–Trinajstić information content (AvgIpc) is 2.55. The van der Waals surface area contributed by atoms with Crippen LogP contribution in [0.15, 0.2) is 24.3 Å². The fourth-order valence-electron chi connectivity index (χ4n) is 2.56. The second-order valence-corrected chi connectivity index (χ2v) is 5.57. The first-order valence-corrected chi connectivity index (χ1v) is 8.34. The van der Waals surface area contributed by atoms with Crippen LogP contribution in [0.2, 0.25) is 0 Å². The van der Waals surface area contributed by atoms with E-state index in [1.54, 1.807) is 0 Å². The highest BCUT2D eigenvalue weighted by Gasteiger charge is 2.11. The molecular weight excluding hydrogens is 304 g/mol. The number of aryl methyl sites for hydroxylation is 1. The highest BCUT2D eigenvalue weighted by atomic mass is 16.3. The zero-order chi connectivity index (χ0) is 17.4. The molecule has 130 valence electrons. The van der Waals surface area contributed by atoms with Crippen molar-refractivity contribution < 1.29 is 5.11 Å². The van der Waals surface area contributed by atoms with Crippen LogP contribution in [0.4, 0.5) is 17.6 Å². The summed E-state index contributed by atoms with van der Waals surface area (Å²) in [6.45, 7) is 6.29. The molecule has 2 rings (SSSR count). The fourth-order valence-corrected chi connectivity index (χ4v) is 2.56. The lowest BCUT2D eigenvalue weighted by atomic mass is 10.1. The van der Waals surface area contributed by atoms with Gasteiger partial charge in [-0.05, 0) is 31.0 Å². The maximum Gasteiger partial charge on any atom is 0.232 e. The number of aliphatic hydroxyl groups excluding tert-OH is 1. The van der Waals surface area contributed by atoms with Gasteiger partial charge in [-0.2, -0.15) is 15.0 Å². The van der Waals surface area contributed by atoms with Crippen molar-refractivity contribution >= 4 is 17.6 Å². The molecule has 24 heavy (non-hydrogen) atoms. The number of benzene rings is 1. The summed E-state index contributed by atoms with van der Waals surface area (Å²) in [5.74, 6) is 1.23. The fraction of sp³-hybridized carbons (Fsp3) is 0.471. The van der Waals surface area contributed by atoms with Gasteiger partial charge in [0.1, 0.15) is 5.82 Å². The lowest BCUT2D eigenvalue weighted by molar-refractivity contribution is 0.187. The summed E-state index contributed by atoms with van der Waals surface area (Å²) in [6.07, 6.45) is 1.91. The molecule has 2 aromatic rings. The molecule has 1 aromatic carbocycles. The summed E-state index contributed by atoms with van der Waals surface area (Å²) in [5, 5.41) is 12.4. The zero-order valence-electron chi connectivity index (χ0n) is 14.4. The molecule has 0 saturated heterocycles. The van der Waals surface area contributed by atoms with Crippen LogP contribution in [0.5, 0.6) is 0 Å². The third-order valence-corrected chi connectivity index (χ3v) is 3.66. The summed E-state index contributed by atoms with van der Waals surface area (Å²) < 4.78 is 0. The predicted molar refractivity (Wildman–Crippen MR) is 96.0 cm³/mol. The van der Waals surface area contributed by atoms with Gasteiger partial charge in [0.2, 0.25) is 11.9 Å². The van der Waals surface area contributed by atoms with Gasteiger partial charge in [-0.3, -0.25) is 4.90 Å². The molecule has 0 aliphatic carbocycles. The average molecular weight is 330 g/mol. The van der Waals surface area contributed by atoms with E-state index in [9.17, 15) is 5.11 Å². The summed E-state index contributed by atoms with van der Waals surface area (Å²) in [7, 11) is 0. The Balaban J connectivity index is 2.18. The van der Waals surface area contributed by atoms with Crippen LogP contribution in [-0.2, 0) is 13.0 Å². The van der Waals surface area contributed by atoms with E-state index in [1.165, 1.54) is 5.56 Å². The van der Waals surface area contributed by atoms with Crippen LogP contribution in [-0.4, -0.2) is 44.7 Å². The highest BCUT2D eigenvalue weighted by molar-refractivity contribution is 5.58. The number of hydrogen-bond donors (Lipinski definition) is 3. The highest BCUT2D eigenvalue weighted by Crippen LogP contribution is 2.19. The molecule has 0 radical (unpaired) electrons. The van der Waals surface area contributed by atoms with Gasteiger partial charge in [-0.25, -0.2) is 0 Å². The molecule has 7 heteroatoms. The summed E-state index contributed by atoms with van der Waals surface area (Å²) >= 11 is 0. The van der Waals surface area contributed by atoms with E-state index < -0.39 is 0 Å². The number of nitrogens with one attached hydrogen (secondary N) is 1. The normalized spacial score (nSPS) is 11.0. The second-order valence-electron chi connectivity index (χ2n) is 5.57. The van der Waals surface area contributed by atoms with Crippen molar-refractivity contribution in [1.82, 2.24) is 19.9 Å². The van der Waals surface area contributed by atoms with Crippen LogP contribution < -0.4 is 11.1 Å². The number of nitrogens with two attached hydrogens (primary N) is 1. The van der Waals surface area contributed by atoms with E-state index in [2.05, 4.69) is 45.1 Å². The largest absolute Gasteiger partial charge is 0.395 e. The van der Waals surface area contributed by atoms with Crippen LogP contribution in [0.25, 0.3) is 0 Å². The number of nitrogens with zero attached hydrogens (tertiary/aromatic N) is 4. The number of anilines is 3. The van der Waals surface area contributed by atoms with Gasteiger partial charge in [0, 0.05) is 12.2 Å². The van der Waals surface area contributed by atoms with E-state index in [0.29, 0.717) is 24.9 Å². The predicted octanol–water partition coefficient (Wildman–Crippen LogP) is 1.96. The van der Waals surface area contributed by atoms with Gasteiger partial charge < -0.3 is 16.2 Å². The second kappa shape index (κ2) is 9.14. The van der Waals surface area contributed by atoms with E-state index in [0.717, 1.165) is 25.1 Å². The van der Waals surface area contributed by atoms with Gasteiger partial charge in [0.15, 0.2) is 0 Å². The smallest absolute Gasteiger partial charge is 0.232 e. The molecular formula is C17H26N6O. The molecule has 0 aliphatic rings. The summed E-state index contributed by atoms with van der Waals surface area (Å²) in [5.41, 5.74) is 7.99. The molecule has 1 aromatic heterocycles. The molecule has 0 bridgehead atoms. The van der Waals surface area contributed by atoms with Gasteiger partial charge in [-0.15, -0.1) is 0 Å². The molecule has 0 aliphatic heterocycles. The third-order valence-electron chi connectivity index (χ3n) is 3.66. The minimum atomic E-state index is 0.107. The van der Waals surface area contributed by atoms with Crippen LogP contribution in [0, 0.1) is 0 Å². The van der Waals surface area contributed by atoms with E-state index in [1.807, 2.05) is 18.2 Å². The topological polar surface area (TPSA) is 100 Å². The lowest BCUT2D eigenvalue weighted by Crippen LogP contribution is -2.28. The van der Waals surface area contributed by atoms with Gasteiger partial charge in [-0.1, -0.05) is 32.0 Å². The molecule has 0 unspecified atom stereocenters. The maximum absolute atomic E-state index is 9.17. The zero-order valence-corrected chi connectivity index (χ0v) is 14.4. The molecule has 0 spiro atoms. The Bertz CT molecular complexity index is 643. The van der Waals surface area contributed by atoms with E-state index in [4.69, 9.17) is 5.73 Å². The SMILES string of the molecule is CCCN(CCO)Cc1nc(N)nc(Nc2ccccc2CC)n1. The molecule has 0 atom stereocenters. The Morgan fingerprint density at radius 2 is 1.92 bits per heavy atom. The summed E-state index contributed by atoms with van der Waals surface area (Å²) in [4.78, 5) is 15.0. The van der Waals surface area contributed by atoms with Gasteiger partial charge in [0.25, 0.3) is 0 Å². The first-order valence-electron chi connectivity index (χ1n) is 8.34. The van der Waals surface area contributed by atoms with Crippen molar-refractivity contribution in [1.29, 1.82) is 0 Å². The van der Waals surface area contributed by atoms with Crippen LogP contribution in [0.1, 0.15) is 31.7 Å². The Morgan fingerprint density at radius 1 is 1.12 bits per heavy atom. The Hall–Kier alpha value is -2.25. The van der Waals surface area contributed by atoms with Crippen LogP contribution in [0.3, 0.4) is 0 Å². The van der Waals surface area contributed by atoms with Crippen molar-refractivity contribution in [3.63, 3.8) is 0 Å². The standard InChI is InChI=1S/C17H26N6O/c1-3-9-23(10-11-24)12-15-20-16(18)22-17(21-15)19-14-8-6-5-7-13(14)4-2/h5-8,24H,3-4,9-12H2,1-2H3,(H3,18,19,20,21,22). The molecule has 1 heterocycles. The van der Waals surface area contributed by atoms with Crippen molar-refractivity contribution in [2.45, 2.75) is 33.2 Å².